The molecule has 6 heteroatoms. The molecule has 0 aliphatic rings. The fourth-order valence-electron chi connectivity index (χ4n) is 3.34. The highest BCUT2D eigenvalue weighted by Gasteiger charge is 2.15. The Morgan fingerprint density at radius 2 is 1.04 bits per heavy atom. The Morgan fingerprint density at radius 3 is 1.42 bits per heavy atom. The van der Waals surface area contributed by atoms with E-state index in [4.69, 9.17) is 9.47 Å². The topological polar surface area (TPSA) is 76.7 Å². The Morgan fingerprint density at radius 1 is 0.654 bits per heavy atom. The zero-order chi connectivity index (χ0) is 18.3. The molecule has 130 valence electrons. The number of amides is 2. The molecule has 4 aromatic carbocycles. The van der Waals surface area contributed by atoms with Crippen LogP contribution in [0.3, 0.4) is 0 Å². The van der Waals surface area contributed by atoms with Gasteiger partial charge in [-0.15, -0.1) is 0 Å². The predicted molar refractivity (Wildman–Crippen MR) is 102 cm³/mol. The fraction of sp³-hybridized carbons (Fsp3) is 0.100. The molecule has 26 heavy (non-hydrogen) atoms. The van der Waals surface area contributed by atoms with Crippen molar-refractivity contribution < 1.29 is 19.1 Å². The summed E-state index contributed by atoms with van der Waals surface area (Å²) in [6.45, 7) is 0. The summed E-state index contributed by atoms with van der Waals surface area (Å²) in [5, 5.41) is 11.4. The molecule has 0 saturated carbocycles. The van der Waals surface area contributed by atoms with Crippen molar-refractivity contribution in [2.45, 2.75) is 0 Å². The molecule has 0 spiro atoms. The van der Waals surface area contributed by atoms with Crippen LogP contribution in [0.4, 0.5) is 21.0 Å². The molecule has 6 nitrogen and oxygen atoms in total. The molecule has 0 heterocycles. The van der Waals surface area contributed by atoms with Crippen molar-refractivity contribution in [2.75, 3.05) is 24.9 Å². The van der Waals surface area contributed by atoms with Crippen molar-refractivity contribution in [3.8, 4) is 0 Å². The number of carbonyl (C=O) groups excluding carboxylic acids is 2. The first-order valence-electron chi connectivity index (χ1n) is 8.03. The minimum absolute atomic E-state index is 0.520. The summed E-state index contributed by atoms with van der Waals surface area (Å²) in [6.07, 6.45) is -1.04. The second kappa shape index (κ2) is 6.07. The predicted octanol–water partition coefficient (Wildman–Crippen LogP) is 4.94. The summed E-state index contributed by atoms with van der Waals surface area (Å²) in [6, 6.07) is 15.5. The monoisotopic (exact) mass is 348 g/mol. The van der Waals surface area contributed by atoms with Gasteiger partial charge in [0.1, 0.15) is 0 Å². The zero-order valence-electron chi connectivity index (χ0n) is 14.3. The van der Waals surface area contributed by atoms with Crippen LogP contribution in [0, 0.1) is 0 Å². The van der Waals surface area contributed by atoms with Crippen molar-refractivity contribution in [3.05, 3.63) is 48.5 Å². The Kier molecular flexibility index (Phi) is 3.73. The molecule has 0 atom stereocenters. The number of hydrogen-bond donors (Lipinski definition) is 2. The van der Waals surface area contributed by atoms with E-state index >= 15 is 0 Å². The summed E-state index contributed by atoms with van der Waals surface area (Å²) in [4.78, 5) is 23.3. The lowest BCUT2D eigenvalue weighted by molar-refractivity contribution is 0.186. The molecule has 0 bridgehead atoms. The fourth-order valence-corrected chi connectivity index (χ4v) is 3.34. The summed E-state index contributed by atoms with van der Waals surface area (Å²) in [5.41, 5.74) is 1.34. The van der Waals surface area contributed by atoms with Crippen LogP contribution in [0.2, 0.25) is 0 Å². The zero-order valence-corrected chi connectivity index (χ0v) is 14.3. The van der Waals surface area contributed by atoms with Gasteiger partial charge in [-0.05, 0) is 33.7 Å². The molecule has 0 aliphatic heterocycles. The lowest BCUT2D eigenvalue weighted by Gasteiger charge is -2.16. The molecule has 0 unspecified atom stereocenters. The minimum atomic E-state index is -0.520. The summed E-state index contributed by atoms with van der Waals surface area (Å²) in [5.74, 6) is 0. The van der Waals surface area contributed by atoms with Gasteiger partial charge in [-0.1, -0.05) is 36.4 Å². The molecule has 0 saturated heterocycles. The molecule has 0 fully saturated rings. The van der Waals surface area contributed by atoms with Gasteiger partial charge in [0.2, 0.25) is 0 Å². The van der Waals surface area contributed by atoms with E-state index in [0.717, 1.165) is 32.3 Å². The Balaban J connectivity index is 2.02. The van der Waals surface area contributed by atoms with Gasteiger partial charge in [0.15, 0.2) is 0 Å². The van der Waals surface area contributed by atoms with E-state index in [1.165, 1.54) is 14.2 Å². The Hall–Kier alpha value is -3.54. The van der Waals surface area contributed by atoms with Crippen LogP contribution < -0.4 is 10.6 Å². The van der Waals surface area contributed by atoms with Crippen molar-refractivity contribution in [1.29, 1.82) is 0 Å². The number of nitrogens with one attached hydrogen (secondary N) is 2. The molecule has 0 radical (unpaired) electrons. The van der Waals surface area contributed by atoms with E-state index in [1.807, 2.05) is 48.5 Å². The Bertz CT molecular complexity index is 1060. The highest BCUT2D eigenvalue weighted by Crippen LogP contribution is 2.40. The third-order valence-electron chi connectivity index (χ3n) is 4.51. The van der Waals surface area contributed by atoms with E-state index in [1.54, 1.807) is 0 Å². The van der Waals surface area contributed by atoms with Crippen molar-refractivity contribution >= 4 is 55.9 Å². The highest BCUT2D eigenvalue weighted by atomic mass is 16.5. The van der Waals surface area contributed by atoms with E-state index in [0.29, 0.717) is 11.4 Å². The molecule has 4 rings (SSSR count). The third-order valence-corrected chi connectivity index (χ3v) is 4.51. The van der Waals surface area contributed by atoms with Crippen molar-refractivity contribution in [1.82, 2.24) is 0 Å². The van der Waals surface area contributed by atoms with Crippen LogP contribution in [0.25, 0.3) is 32.3 Å². The maximum absolute atomic E-state index is 11.7. The maximum atomic E-state index is 11.7. The second-order valence-electron chi connectivity index (χ2n) is 5.88. The molecule has 2 amide bonds. The number of rotatable bonds is 2. The first-order chi connectivity index (χ1) is 12.6. The minimum Gasteiger partial charge on any atom is -0.453 e. The molecule has 4 aromatic rings. The van der Waals surface area contributed by atoms with E-state index < -0.39 is 12.2 Å². The normalized spacial score (nSPS) is 11.0. The number of anilines is 2. The van der Waals surface area contributed by atoms with Crippen molar-refractivity contribution in [2.24, 2.45) is 0 Å². The quantitative estimate of drug-likeness (QED) is 0.503. The van der Waals surface area contributed by atoms with Crippen LogP contribution in [0.5, 0.6) is 0 Å². The largest absolute Gasteiger partial charge is 0.453 e. The van der Waals surface area contributed by atoms with Gasteiger partial charge >= 0.3 is 12.2 Å². The molecule has 0 aromatic heterocycles. The van der Waals surface area contributed by atoms with Crippen LogP contribution >= 0.6 is 0 Å². The number of ether oxygens (including phenoxy) is 2. The SMILES string of the molecule is COC(=O)Nc1ccc2ccc3c(NC(=O)OC)ccc4ccc1c2c43. The van der Waals surface area contributed by atoms with Gasteiger partial charge < -0.3 is 9.47 Å². The molecular formula is C20H16N2O4. The van der Waals surface area contributed by atoms with Gasteiger partial charge in [0, 0.05) is 10.8 Å². The van der Waals surface area contributed by atoms with Crippen LogP contribution in [-0.4, -0.2) is 26.4 Å². The van der Waals surface area contributed by atoms with Crippen LogP contribution in [-0.2, 0) is 9.47 Å². The number of hydrogen-bond acceptors (Lipinski definition) is 4. The number of carbonyl (C=O) groups is 2. The lowest BCUT2D eigenvalue weighted by atomic mass is 9.92. The van der Waals surface area contributed by atoms with E-state index in [9.17, 15) is 9.59 Å². The Labute approximate surface area is 149 Å². The molecule has 2 N–H and O–H groups in total. The summed E-state index contributed by atoms with van der Waals surface area (Å²) < 4.78 is 9.42. The van der Waals surface area contributed by atoms with Crippen molar-refractivity contribution in [3.63, 3.8) is 0 Å². The van der Waals surface area contributed by atoms with Gasteiger partial charge in [-0.2, -0.15) is 0 Å². The average molecular weight is 348 g/mol. The van der Waals surface area contributed by atoms with E-state index in [-0.39, 0.29) is 0 Å². The standard InChI is InChI=1S/C20H16N2O4/c1-25-19(23)21-15-9-5-11-4-8-14-16(22-20(24)26-2)10-6-12-3-7-13(15)17(11)18(12)14/h3-10H,1-2H3,(H,21,23)(H,22,24). The average Bonchev–Trinajstić information content (AvgIpc) is 2.67. The highest BCUT2D eigenvalue weighted by molar-refractivity contribution is 6.28. The van der Waals surface area contributed by atoms with Crippen LogP contribution in [0.15, 0.2) is 48.5 Å². The van der Waals surface area contributed by atoms with Crippen LogP contribution in [0.1, 0.15) is 0 Å². The van der Waals surface area contributed by atoms with E-state index in [2.05, 4.69) is 10.6 Å². The number of benzene rings is 4. The number of methoxy groups -OCH3 is 2. The van der Waals surface area contributed by atoms with Gasteiger partial charge in [0.05, 0.1) is 25.6 Å². The summed E-state index contributed by atoms with van der Waals surface area (Å²) >= 11 is 0. The molecule has 0 aliphatic carbocycles. The summed E-state index contributed by atoms with van der Waals surface area (Å²) in [7, 11) is 2.66. The van der Waals surface area contributed by atoms with Gasteiger partial charge in [0.25, 0.3) is 0 Å². The molecular weight excluding hydrogens is 332 g/mol. The van der Waals surface area contributed by atoms with Gasteiger partial charge in [-0.25, -0.2) is 9.59 Å². The lowest BCUT2D eigenvalue weighted by Crippen LogP contribution is -2.11. The third kappa shape index (κ3) is 2.43. The first kappa shape index (κ1) is 16.0. The smallest absolute Gasteiger partial charge is 0.411 e. The van der Waals surface area contributed by atoms with Gasteiger partial charge in [-0.3, -0.25) is 10.6 Å². The maximum Gasteiger partial charge on any atom is 0.411 e. The first-order valence-corrected chi connectivity index (χ1v) is 8.03. The second-order valence-corrected chi connectivity index (χ2v) is 5.88.